The minimum absolute atomic E-state index is 0.284. The SMILES string of the molecule is O=C(O)C1CCCCN1c1cncc(Cl)n1. The molecule has 0 saturated carbocycles. The second-order valence-electron chi connectivity index (χ2n) is 3.74. The van der Waals surface area contributed by atoms with Crippen molar-refractivity contribution in [1.29, 1.82) is 0 Å². The number of hydrogen-bond acceptors (Lipinski definition) is 4. The molecule has 1 aromatic heterocycles. The first kappa shape index (κ1) is 11.1. The number of anilines is 1. The van der Waals surface area contributed by atoms with Gasteiger partial charge in [-0.3, -0.25) is 4.98 Å². The largest absolute Gasteiger partial charge is 0.480 e. The highest BCUT2D eigenvalue weighted by atomic mass is 35.5. The van der Waals surface area contributed by atoms with Crippen LogP contribution in [-0.2, 0) is 4.79 Å². The van der Waals surface area contributed by atoms with Gasteiger partial charge in [-0.2, -0.15) is 0 Å². The second kappa shape index (κ2) is 4.65. The molecule has 1 aromatic rings. The fourth-order valence-corrected chi connectivity index (χ4v) is 2.08. The molecule has 1 fully saturated rings. The van der Waals surface area contributed by atoms with Crippen LogP contribution in [0.4, 0.5) is 5.82 Å². The summed E-state index contributed by atoms with van der Waals surface area (Å²) in [5.74, 6) is -0.277. The molecule has 1 aliphatic rings. The third kappa shape index (κ3) is 2.24. The Bertz CT molecular complexity index is 399. The minimum Gasteiger partial charge on any atom is -0.480 e. The van der Waals surface area contributed by atoms with Crippen molar-refractivity contribution in [2.45, 2.75) is 25.3 Å². The standard InChI is InChI=1S/C10H12ClN3O2/c11-8-5-12-6-9(13-8)14-4-2-1-3-7(14)10(15)16/h5-7H,1-4H2,(H,15,16). The minimum atomic E-state index is -0.818. The molecule has 2 heterocycles. The molecule has 0 radical (unpaired) electrons. The average Bonchev–Trinajstić information content (AvgIpc) is 2.29. The summed E-state index contributed by atoms with van der Waals surface area (Å²) in [5.41, 5.74) is 0. The Balaban J connectivity index is 2.26. The van der Waals surface area contributed by atoms with Crippen LogP contribution in [0.25, 0.3) is 0 Å². The lowest BCUT2D eigenvalue weighted by Gasteiger charge is -2.33. The predicted molar refractivity (Wildman–Crippen MR) is 59.7 cm³/mol. The Hall–Kier alpha value is -1.36. The molecule has 1 N–H and O–H groups in total. The van der Waals surface area contributed by atoms with Gasteiger partial charge in [0.1, 0.15) is 17.0 Å². The quantitative estimate of drug-likeness (QED) is 0.852. The molecule has 16 heavy (non-hydrogen) atoms. The number of rotatable bonds is 2. The average molecular weight is 242 g/mol. The summed E-state index contributed by atoms with van der Waals surface area (Å²) in [6.45, 7) is 0.686. The molecule has 2 rings (SSSR count). The Morgan fingerprint density at radius 2 is 2.31 bits per heavy atom. The number of carbonyl (C=O) groups is 1. The maximum absolute atomic E-state index is 11.1. The van der Waals surface area contributed by atoms with Gasteiger partial charge in [-0.25, -0.2) is 9.78 Å². The van der Waals surface area contributed by atoms with E-state index in [1.54, 1.807) is 11.1 Å². The number of nitrogens with zero attached hydrogens (tertiary/aromatic N) is 3. The van der Waals surface area contributed by atoms with Crippen molar-refractivity contribution < 1.29 is 9.90 Å². The highest BCUT2D eigenvalue weighted by molar-refractivity contribution is 6.29. The van der Waals surface area contributed by atoms with Crippen LogP contribution < -0.4 is 4.90 Å². The Morgan fingerprint density at radius 1 is 1.50 bits per heavy atom. The zero-order valence-electron chi connectivity index (χ0n) is 8.64. The molecule has 0 aliphatic carbocycles. The molecular weight excluding hydrogens is 230 g/mol. The molecule has 0 amide bonds. The van der Waals surface area contributed by atoms with E-state index < -0.39 is 12.0 Å². The third-order valence-electron chi connectivity index (χ3n) is 2.67. The van der Waals surface area contributed by atoms with Gasteiger partial charge in [-0.15, -0.1) is 0 Å². The van der Waals surface area contributed by atoms with E-state index in [0.29, 0.717) is 18.8 Å². The first-order valence-electron chi connectivity index (χ1n) is 5.15. The van der Waals surface area contributed by atoms with Gasteiger partial charge in [0.25, 0.3) is 0 Å². The molecule has 1 atom stereocenters. The molecule has 0 bridgehead atoms. The van der Waals surface area contributed by atoms with Crippen LogP contribution in [-0.4, -0.2) is 33.6 Å². The number of halogens is 1. The lowest BCUT2D eigenvalue weighted by molar-refractivity contribution is -0.139. The van der Waals surface area contributed by atoms with Gasteiger partial charge in [0.05, 0.1) is 12.4 Å². The van der Waals surface area contributed by atoms with Gasteiger partial charge >= 0.3 is 5.97 Å². The van der Waals surface area contributed by atoms with Crippen LogP contribution in [0.1, 0.15) is 19.3 Å². The van der Waals surface area contributed by atoms with Gasteiger partial charge in [-0.1, -0.05) is 11.6 Å². The zero-order chi connectivity index (χ0) is 11.5. The van der Waals surface area contributed by atoms with Crippen LogP contribution in [0.5, 0.6) is 0 Å². The van der Waals surface area contributed by atoms with Crippen LogP contribution in [0, 0.1) is 0 Å². The van der Waals surface area contributed by atoms with E-state index in [4.69, 9.17) is 16.7 Å². The normalized spacial score (nSPS) is 20.8. The van der Waals surface area contributed by atoms with Gasteiger partial charge in [0.2, 0.25) is 0 Å². The Morgan fingerprint density at radius 3 is 3.00 bits per heavy atom. The van der Waals surface area contributed by atoms with Crippen molar-refractivity contribution in [2.24, 2.45) is 0 Å². The van der Waals surface area contributed by atoms with Crippen molar-refractivity contribution in [2.75, 3.05) is 11.4 Å². The third-order valence-corrected chi connectivity index (χ3v) is 2.86. The fourth-order valence-electron chi connectivity index (χ4n) is 1.93. The smallest absolute Gasteiger partial charge is 0.326 e. The lowest BCUT2D eigenvalue weighted by Crippen LogP contribution is -2.45. The van der Waals surface area contributed by atoms with Gasteiger partial charge in [0.15, 0.2) is 0 Å². The summed E-state index contributed by atoms with van der Waals surface area (Å²) in [6, 6.07) is -0.512. The number of aliphatic carboxylic acids is 1. The first-order chi connectivity index (χ1) is 7.68. The van der Waals surface area contributed by atoms with Gasteiger partial charge in [-0.05, 0) is 19.3 Å². The van der Waals surface area contributed by atoms with E-state index in [9.17, 15) is 4.79 Å². The Labute approximate surface area is 98.1 Å². The van der Waals surface area contributed by atoms with E-state index >= 15 is 0 Å². The maximum atomic E-state index is 11.1. The molecule has 1 unspecified atom stereocenters. The molecule has 86 valence electrons. The fraction of sp³-hybridized carbons (Fsp3) is 0.500. The first-order valence-corrected chi connectivity index (χ1v) is 5.53. The molecule has 6 heteroatoms. The van der Waals surface area contributed by atoms with Crippen molar-refractivity contribution >= 4 is 23.4 Å². The Kier molecular flexibility index (Phi) is 3.24. The summed E-state index contributed by atoms with van der Waals surface area (Å²) in [6.07, 6.45) is 5.53. The molecule has 1 saturated heterocycles. The molecular formula is C10H12ClN3O2. The lowest BCUT2D eigenvalue weighted by atomic mass is 10.0. The van der Waals surface area contributed by atoms with Gasteiger partial charge < -0.3 is 10.0 Å². The zero-order valence-corrected chi connectivity index (χ0v) is 9.39. The van der Waals surface area contributed by atoms with E-state index in [1.807, 2.05) is 0 Å². The number of carboxylic acids is 1. The monoisotopic (exact) mass is 241 g/mol. The maximum Gasteiger partial charge on any atom is 0.326 e. The van der Waals surface area contributed by atoms with E-state index in [0.717, 1.165) is 12.8 Å². The van der Waals surface area contributed by atoms with Crippen LogP contribution >= 0.6 is 11.6 Å². The van der Waals surface area contributed by atoms with E-state index in [-0.39, 0.29) is 5.15 Å². The van der Waals surface area contributed by atoms with Crippen molar-refractivity contribution in [3.63, 3.8) is 0 Å². The topological polar surface area (TPSA) is 66.3 Å². The molecule has 0 aromatic carbocycles. The highest BCUT2D eigenvalue weighted by Crippen LogP contribution is 2.23. The number of piperidine rings is 1. The van der Waals surface area contributed by atoms with Gasteiger partial charge in [0, 0.05) is 6.54 Å². The molecule has 5 nitrogen and oxygen atoms in total. The summed E-state index contributed by atoms with van der Waals surface area (Å²) < 4.78 is 0. The summed E-state index contributed by atoms with van der Waals surface area (Å²) in [4.78, 5) is 20.9. The second-order valence-corrected chi connectivity index (χ2v) is 4.13. The number of hydrogen-bond donors (Lipinski definition) is 1. The van der Waals surface area contributed by atoms with Crippen LogP contribution in [0.15, 0.2) is 12.4 Å². The predicted octanol–water partition coefficient (Wildman–Crippen LogP) is 1.57. The van der Waals surface area contributed by atoms with Crippen LogP contribution in [0.3, 0.4) is 0 Å². The highest BCUT2D eigenvalue weighted by Gasteiger charge is 2.29. The van der Waals surface area contributed by atoms with Crippen molar-refractivity contribution in [1.82, 2.24) is 9.97 Å². The summed E-state index contributed by atoms with van der Waals surface area (Å²) in [5, 5.41) is 9.40. The van der Waals surface area contributed by atoms with Crippen LogP contribution in [0.2, 0.25) is 5.15 Å². The molecule has 0 spiro atoms. The van der Waals surface area contributed by atoms with E-state index in [1.165, 1.54) is 6.20 Å². The number of carboxylic acid groups (broad SMARTS) is 1. The summed E-state index contributed by atoms with van der Waals surface area (Å²) >= 11 is 5.74. The summed E-state index contributed by atoms with van der Waals surface area (Å²) in [7, 11) is 0. The number of aromatic nitrogens is 2. The van der Waals surface area contributed by atoms with Crippen molar-refractivity contribution in [3.05, 3.63) is 17.5 Å². The van der Waals surface area contributed by atoms with E-state index in [2.05, 4.69) is 9.97 Å². The molecule has 1 aliphatic heterocycles. The van der Waals surface area contributed by atoms with Crippen molar-refractivity contribution in [3.8, 4) is 0 Å².